The summed E-state index contributed by atoms with van der Waals surface area (Å²) in [6.45, 7) is 7.24. The molecule has 6 nitrogen and oxygen atoms in total. The number of hydrogen-bond acceptors (Lipinski definition) is 4. The van der Waals surface area contributed by atoms with Crippen LogP contribution in [0.25, 0.3) is 11.0 Å². The Morgan fingerprint density at radius 2 is 1.92 bits per heavy atom. The Morgan fingerprint density at radius 3 is 2.54 bits per heavy atom. The second kappa shape index (κ2) is 5.55. The number of morpholine rings is 1. The monoisotopic (exact) mass is 328 g/mol. The fraction of sp³-hybridized carbons (Fsp3) is 0.611. The van der Waals surface area contributed by atoms with Crippen molar-refractivity contribution in [2.24, 2.45) is 7.05 Å². The lowest BCUT2D eigenvalue weighted by Gasteiger charge is -2.35. The molecule has 2 fully saturated rings. The minimum atomic E-state index is 0.0629. The van der Waals surface area contributed by atoms with Gasteiger partial charge >= 0.3 is 0 Å². The highest BCUT2D eigenvalue weighted by Crippen LogP contribution is 2.40. The maximum atomic E-state index is 13.3. The van der Waals surface area contributed by atoms with E-state index in [0.29, 0.717) is 19.0 Å². The van der Waals surface area contributed by atoms with E-state index in [1.807, 2.05) is 38.8 Å². The summed E-state index contributed by atoms with van der Waals surface area (Å²) < 4.78 is 7.56. The van der Waals surface area contributed by atoms with Crippen molar-refractivity contribution >= 4 is 16.9 Å². The second-order valence-electron chi connectivity index (χ2n) is 7.24. The molecule has 4 rings (SSSR count). The highest BCUT2D eigenvalue weighted by molar-refractivity contribution is 6.06. The van der Waals surface area contributed by atoms with Crippen LogP contribution >= 0.6 is 0 Å². The second-order valence-corrected chi connectivity index (χ2v) is 7.24. The van der Waals surface area contributed by atoms with Crippen LogP contribution in [0.3, 0.4) is 0 Å². The molecule has 1 amide bonds. The van der Waals surface area contributed by atoms with Gasteiger partial charge in [0.1, 0.15) is 0 Å². The Labute approximate surface area is 141 Å². The lowest BCUT2D eigenvalue weighted by atomic mass is 10.1. The Kier molecular flexibility index (Phi) is 3.60. The molecule has 1 aliphatic carbocycles. The number of hydrogen-bond donors (Lipinski definition) is 0. The third-order valence-corrected chi connectivity index (χ3v) is 4.92. The first-order chi connectivity index (χ1) is 11.4. The summed E-state index contributed by atoms with van der Waals surface area (Å²) in [4.78, 5) is 20.0. The van der Waals surface area contributed by atoms with E-state index in [-0.39, 0.29) is 18.1 Å². The van der Waals surface area contributed by atoms with Crippen LogP contribution in [0.15, 0.2) is 6.07 Å². The topological polar surface area (TPSA) is 60.2 Å². The zero-order valence-electron chi connectivity index (χ0n) is 14.7. The van der Waals surface area contributed by atoms with Gasteiger partial charge in [0, 0.05) is 31.7 Å². The predicted octanol–water partition coefficient (Wildman–Crippen LogP) is 2.40. The van der Waals surface area contributed by atoms with Crippen molar-refractivity contribution in [2.75, 3.05) is 13.1 Å². The van der Waals surface area contributed by atoms with Gasteiger partial charge in [0.15, 0.2) is 5.65 Å². The highest BCUT2D eigenvalue weighted by atomic mass is 16.5. The van der Waals surface area contributed by atoms with Crippen molar-refractivity contribution in [3.05, 3.63) is 23.0 Å². The van der Waals surface area contributed by atoms with E-state index in [4.69, 9.17) is 9.72 Å². The molecule has 128 valence electrons. The molecule has 0 bridgehead atoms. The van der Waals surface area contributed by atoms with Gasteiger partial charge in [-0.15, -0.1) is 0 Å². The zero-order chi connectivity index (χ0) is 17.0. The third kappa shape index (κ3) is 2.59. The van der Waals surface area contributed by atoms with Crippen molar-refractivity contribution in [2.45, 2.75) is 51.7 Å². The summed E-state index contributed by atoms with van der Waals surface area (Å²) in [5.41, 5.74) is 3.45. The van der Waals surface area contributed by atoms with Crippen molar-refractivity contribution in [1.29, 1.82) is 0 Å². The number of nitrogens with zero attached hydrogens (tertiary/aromatic N) is 4. The number of carbonyl (C=O) groups excluding carboxylic acids is 1. The minimum absolute atomic E-state index is 0.0629. The van der Waals surface area contributed by atoms with Crippen molar-refractivity contribution < 1.29 is 9.53 Å². The Balaban J connectivity index is 1.81. The fourth-order valence-corrected chi connectivity index (χ4v) is 3.74. The number of pyridine rings is 1. The maximum Gasteiger partial charge on any atom is 0.254 e. The molecule has 0 aromatic carbocycles. The van der Waals surface area contributed by atoms with Crippen LogP contribution in [0.1, 0.15) is 54.4 Å². The number of fused-ring (bicyclic) bond motifs is 1. The summed E-state index contributed by atoms with van der Waals surface area (Å²) in [7, 11) is 1.89. The molecule has 0 spiro atoms. The zero-order valence-corrected chi connectivity index (χ0v) is 14.7. The largest absolute Gasteiger partial charge is 0.372 e. The maximum absolute atomic E-state index is 13.3. The molecule has 2 aliphatic rings. The van der Waals surface area contributed by atoms with Gasteiger partial charge in [-0.05, 0) is 39.7 Å². The van der Waals surface area contributed by atoms with Gasteiger partial charge in [-0.1, -0.05) is 0 Å². The summed E-state index contributed by atoms with van der Waals surface area (Å²) in [5, 5.41) is 5.38. The Bertz CT molecular complexity index is 799. The fourth-order valence-electron chi connectivity index (χ4n) is 3.74. The molecule has 24 heavy (non-hydrogen) atoms. The van der Waals surface area contributed by atoms with Crippen LogP contribution in [0, 0.1) is 6.92 Å². The first-order valence-electron chi connectivity index (χ1n) is 8.73. The van der Waals surface area contributed by atoms with Crippen molar-refractivity contribution in [3.63, 3.8) is 0 Å². The van der Waals surface area contributed by atoms with Crippen molar-refractivity contribution in [3.8, 4) is 0 Å². The van der Waals surface area contributed by atoms with Gasteiger partial charge in [0.2, 0.25) is 0 Å². The molecule has 1 aliphatic heterocycles. The molecule has 2 aromatic rings. The van der Waals surface area contributed by atoms with E-state index in [1.54, 1.807) is 4.68 Å². The summed E-state index contributed by atoms with van der Waals surface area (Å²) >= 11 is 0. The van der Waals surface area contributed by atoms with E-state index in [0.717, 1.165) is 40.8 Å². The van der Waals surface area contributed by atoms with Crippen molar-refractivity contribution in [1.82, 2.24) is 19.7 Å². The predicted molar refractivity (Wildman–Crippen MR) is 91.1 cm³/mol. The van der Waals surface area contributed by atoms with E-state index >= 15 is 0 Å². The summed E-state index contributed by atoms with van der Waals surface area (Å²) in [6.07, 6.45) is 2.45. The first kappa shape index (κ1) is 15.6. The summed E-state index contributed by atoms with van der Waals surface area (Å²) in [5.74, 6) is 0.570. The third-order valence-electron chi connectivity index (χ3n) is 4.92. The number of aryl methyl sites for hydroxylation is 2. The molecule has 1 saturated carbocycles. The molecular formula is C18H24N4O2. The van der Waals surface area contributed by atoms with Crippen LogP contribution in [-0.2, 0) is 11.8 Å². The molecule has 3 heterocycles. The lowest BCUT2D eigenvalue weighted by Crippen LogP contribution is -2.48. The number of carbonyl (C=O) groups is 1. The molecule has 0 N–H and O–H groups in total. The number of ether oxygens (including phenoxy) is 1. The van der Waals surface area contributed by atoms with Gasteiger partial charge in [0.25, 0.3) is 5.91 Å². The highest BCUT2D eigenvalue weighted by Gasteiger charge is 2.32. The van der Waals surface area contributed by atoms with Crippen LogP contribution in [-0.4, -0.2) is 50.9 Å². The van der Waals surface area contributed by atoms with E-state index in [9.17, 15) is 4.79 Å². The van der Waals surface area contributed by atoms with Gasteiger partial charge in [-0.25, -0.2) is 4.98 Å². The number of rotatable bonds is 2. The number of amides is 1. The van der Waals surface area contributed by atoms with Gasteiger partial charge in [-0.3, -0.25) is 9.48 Å². The van der Waals surface area contributed by atoms with Gasteiger partial charge in [0.05, 0.1) is 28.9 Å². The molecule has 6 heteroatoms. The summed E-state index contributed by atoms with van der Waals surface area (Å²) in [6, 6.07) is 2.00. The van der Waals surface area contributed by atoms with E-state index in [2.05, 4.69) is 5.10 Å². The normalized spacial score (nSPS) is 24.6. The SMILES string of the molecule is Cc1nn(C)c2nc(C3CC3)cc(C(=O)N3C[C@H](C)O[C@@H](C)C3)c12. The Morgan fingerprint density at radius 1 is 1.25 bits per heavy atom. The molecular weight excluding hydrogens is 304 g/mol. The van der Waals surface area contributed by atoms with Gasteiger partial charge in [-0.2, -0.15) is 5.10 Å². The average Bonchev–Trinajstić information content (AvgIpc) is 3.32. The minimum Gasteiger partial charge on any atom is -0.372 e. The standard InChI is InChI=1S/C18H24N4O2/c1-10-8-22(9-11(2)24-10)18(23)14-7-15(13-5-6-13)19-17-16(14)12(3)20-21(17)4/h7,10-11,13H,5-6,8-9H2,1-4H3/t10-,11-/m0/s1. The molecule has 0 radical (unpaired) electrons. The smallest absolute Gasteiger partial charge is 0.254 e. The van der Waals surface area contributed by atoms with Crippen LogP contribution in [0.5, 0.6) is 0 Å². The molecule has 0 unspecified atom stereocenters. The van der Waals surface area contributed by atoms with Crippen LogP contribution in [0.4, 0.5) is 0 Å². The van der Waals surface area contributed by atoms with E-state index in [1.165, 1.54) is 0 Å². The Hall–Kier alpha value is -1.95. The lowest BCUT2D eigenvalue weighted by molar-refractivity contribution is -0.0585. The van der Waals surface area contributed by atoms with E-state index < -0.39 is 0 Å². The van der Waals surface area contributed by atoms with Gasteiger partial charge < -0.3 is 9.64 Å². The molecule has 1 saturated heterocycles. The quantitative estimate of drug-likeness (QED) is 0.849. The molecule has 2 aromatic heterocycles. The number of aromatic nitrogens is 3. The van der Waals surface area contributed by atoms with Crippen LogP contribution in [0.2, 0.25) is 0 Å². The average molecular weight is 328 g/mol. The van der Waals surface area contributed by atoms with Crippen LogP contribution < -0.4 is 0 Å². The first-order valence-corrected chi connectivity index (χ1v) is 8.73. The molecule has 2 atom stereocenters.